The van der Waals surface area contributed by atoms with Crippen LogP contribution in [0.4, 0.5) is 9.18 Å². The van der Waals surface area contributed by atoms with Gasteiger partial charge in [0.15, 0.2) is 11.2 Å². The van der Waals surface area contributed by atoms with E-state index >= 15 is 0 Å². The Morgan fingerprint density at radius 3 is 2.47 bits per heavy atom. The minimum Gasteiger partial charge on any atom is -0.450 e. The van der Waals surface area contributed by atoms with Crippen molar-refractivity contribution in [3.63, 3.8) is 0 Å². The molecule has 168 valence electrons. The third-order valence-corrected chi connectivity index (χ3v) is 5.20. The van der Waals surface area contributed by atoms with Gasteiger partial charge in [0.1, 0.15) is 18.7 Å². The molecule has 2 amide bonds. The highest BCUT2D eigenvalue weighted by Crippen LogP contribution is 2.09. The number of fused-ring (bicyclic) bond motifs is 1. The summed E-state index contributed by atoms with van der Waals surface area (Å²) in [4.78, 5) is 44.6. The minimum atomic E-state index is -0.473. The van der Waals surface area contributed by atoms with E-state index in [9.17, 15) is 18.8 Å². The van der Waals surface area contributed by atoms with Crippen molar-refractivity contribution in [1.29, 1.82) is 0 Å². The molecule has 1 aliphatic heterocycles. The summed E-state index contributed by atoms with van der Waals surface area (Å²) in [6, 6.07) is 5.91. The number of amides is 2. The van der Waals surface area contributed by atoms with Gasteiger partial charge in [0, 0.05) is 26.2 Å². The number of carbonyl (C=O) groups excluding carboxylic acids is 2. The van der Waals surface area contributed by atoms with Gasteiger partial charge in [0.25, 0.3) is 5.56 Å². The van der Waals surface area contributed by atoms with Crippen molar-refractivity contribution in [3.8, 4) is 0 Å². The molecule has 0 unspecified atom stereocenters. The molecular weight excluding hydrogens is 421 g/mol. The molecule has 0 spiro atoms. The predicted octanol–water partition coefficient (Wildman–Crippen LogP) is 0.476. The van der Waals surface area contributed by atoms with E-state index in [2.05, 4.69) is 15.3 Å². The van der Waals surface area contributed by atoms with Crippen molar-refractivity contribution in [2.75, 3.05) is 32.8 Å². The van der Waals surface area contributed by atoms with Crippen LogP contribution in [0.1, 0.15) is 12.5 Å². The van der Waals surface area contributed by atoms with Gasteiger partial charge >= 0.3 is 6.09 Å². The van der Waals surface area contributed by atoms with Crippen molar-refractivity contribution in [2.24, 2.45) is 0 Å². The van der Waals surface area contributed by atoms with Crippen LogP contribution in [-0.2, 0) is 22.6 Å². The molecule has 1 saturated heterocycles. The van der Waals surface area contributed by atoms with Crippen LogP contribution in [0.2, 0.25) is 0 Å². The average Bonchev–Trinajstić information content (AvgIpc) is 3.21. The fourth-order valence-corrected chi connectivity index (χ4v) is 3.47. The van der Waals surface area contributed by atoms with E-state index in [0.717, 1.165) is 5.56 Å². The number of halogens is 1. The van der Waals surface area contributed by atoms with Gasteiger partial charge in [-0.15, -0.1) is 5.10 Å². The summed E-state index contributed by atoms with van der Waals surface area (Å²) in [5, 5.41) is 7.90. The first-order valence-electron chi connectivity index (χ1n) is 10.2. The number of rotatable bonds is 5. The van der Waals surface area contributed by atoms with Crippen LogP contribution < -0.4 is 5.56 Å². The monoisotopic (exact) mass is 443 g/mol. The zero-order chi connectivity index (χ0) is 22.7. The van der Waals surface area contributed by atoms with Gasteiger partial charge in [0.2, 0.25) is 5.91 Å². The fraction of sp³-hybridized carbons (Fsp3) is 0.400. The van der Waals surface area contributed by atoms with E-state index in [4.69, 9.17) is 4.74 Å². The molecule has 0 aliphatic carbocycles. The molecule has 1 aromatic carbocycles. The van der Waals surface area contributed by atoms with Crippen LogP contribution in [0, 0.1) is 5.82 Å². The summed E-state index contributed by atoms with van der Waals surface area (Å²) in [7, 11) is 0. The molecule has 4 rings (SSSR count). The lowest BCUT2D eigenvalue weighted by atomic mass is 10.2. The number of hydrogen-bond donors (Lipinski definition) is 0. The van der Waals surface area contributed by atoms with E-state index in [0.29, 0.717) is 32.8 Å². The predicted molar refractivity (Wildman–Crippen MR) is 110 cm³/mol. The smallest absolute Gasteiger partial charge is 0.409 e. The molecule has 0 radical (unpaired) electrons. The second-order valence-corrected chi connectivity index (χ2v) is 7.29. The Hall–Kier alpha value is -3.83. The number of nitrogens with zero attached hydrogens (tertiary/aromatic N) is 7. The summed E-state index contributed by atoms with van der Waals surface area (Å²) >= 11 is 0. The normalized spacial score (nSPS) is 14.1. The Labute approximate surface area is 182 Å². The quantitative estimate of drug-likeness (QED) is 0.563. The molecule has 3 aromatic rings. The van der Waals surface area contributed by atoms with Crippen LogP contribution in [0.5, 0.6) is 0 Å². The summed E-state index contributed by atoms with van der Waals surface area (Å²) in [6.45, 7) is 3.57. The number of carbonyl (C=O) groups is 2. The maximum absolute atomic E-state index is 13.1. The maximum Gasteiger partial charge on any atom is 0.409 e. The Kier molecular flexibility index (Phi) is 6.10. The maximum atomic E-state index is 13.1. The largest absolute Gasteiger partial charge is 0.450 e. The highest BCUT2D eigenvalue weighted by atomic mass is 19.1. The van der Waals surface area contributed by atoms with Crippen LogP contribution in [0.3, 0.4) is 0 Å². The zero-order valence-corrected chi connectivity index (χ0v) is 17.5. The van der Waals surface area contributed by atoms with Gasteiger partial charge in [0.05, 0.1) is 13.2 Å². The minimum absolute atomic E-state index is 0.0505. The number of piperazine rings is 1. The number of hydrogen-bond acceptors (Lipinski definition) is 7. The lowest BCUT2D eigenvalue weighted by molar-refractivity contribution is -0.133. The lowest BCUT2D eigenvalue weighted by Gasteiger charge is -2.34. The second kappa shape index (κ2) is 9.12. The van der Waals surface area contributed by atoms with Crippen LogP contribution in [-0.4, -0.2) is 79.1 Å². The Balaban J connectivity index is 1.43. The third kappa shape index (κ3) is 4.43. The zero-order valence-electron chi connectivity index (χ0n) is 17.5. The molecule has 1 aliphatic rings. The fourth-order valence-electron chi connectivity index (χ4n) is 3.47. The third-order valence-electron chi connectivity index (χ3n) is 5.20. The van der Waals surface area contributed by atoms with Crippen LogP contribution in [0.15, 0.2) is 35.4 Å². The van der Waals surface area contributed by atoms with Crippen molar-refractivity contribution in [1.82, 2.24) is 34.3 Å². The molecule has 12 heteroatoms. The summed E-state index contributed by atoms with van der Waals surface area (Å²) in [6.07, 6.45) is 0.899. The van der Waals surface area contributed by atoms with Gasteiger partial charge < -0.3 is 14.5 Å². The molecule has 32 heavy (non-hydrogen) atoms. The molecule has 0 bridgehead atoms. The Morgan fingerprint density at radius 1 is 1.09 bits per heavy atom. The first-order chi connectivity index (χ1) is 15.5. The van der Waals surface area contributed by atoms with E-state index in [1.54, 1.807) is 28.9 Å². The highest BCUT2D eigenvalue weighted by Gasteiger charge is 2.25. The number of benzene rings is 1. The van der Waals surface area contributed by atoms with Crippen LogP contribution in [0.25, 0.3) is 11.2 Å². The summed E-state index contributed by atoms with van der Waals surface area (Å²) in [5.41, 5.74) is 0.640. The van der Waals surface area contributed by atoms with Crippen molar-refractivity contribution in [3.05, 3.63) is 52.3 Å². The van der Waals surface area contributed by atoms with Crippen molar-refractivity contribution in [2.45, 2.75) is 20.0 Å². The molecular formula is C20H22FN7O4. The Bertz CT molecular complexity index is 1180. The summed E-state index contributed by atoms with van der Waals surface area (Å²) < 4.78 is 20.7. The number of aromatic nitrogens is 5. The Morgan fingerprint density at radius 2 is 1.78 bits per heavy atom. The SMILES string of the molecule is CCOC(=O)N1CCN(C(=O)Cn2cnc3c(nnn3Cc3ccc(F)cc3)c2=O)CC1. The molecule has 3 heterocycles. The van der Waals surface area contributed by atoms with Gasteiger partial charge in [-0.25, -0.2) is 18.9 Å². The molecule has 0 N–H and O–H groups in total. The van der Waals surface area contributed by atoms with Crippen LogP contribution >= 0.6 is 0 Å². The first-order valence-corrected chi connectivity index (χ1v) is 10.2. The molecule has 0 saturated carbocycles. The van der Waals surface area contributed by atoms with E-state index in [-0.39, 0.29) is 36.0 Å². The topological polar surface area (TPSA) is 115 Å². The van der Waals surface area contributed by atoms with Crippen molar-refractivity contribution < 1.29 is 18.7 Å². The molecule has 11 nitrogen and oxygen atoms in total. The molecule has 2 aromatic heterocycles. The van der Waals surface area contributed by atoms with Gasteiger partial charge in [-0.2, -0.15) is 0 Å². The van der Waals surface area contributed by atoms with E-state index in [1.807, 2.05) is 0 Å². The highest BCUT2D eigenvalue weighted by molar-refractivity contribution is 5.77. The second-order valence-electron chi connectivity index (χ2n) is 7.29. The molecule has 1 fully saturated rings. The van der Waals surface area contributed by atoms with E-state index < -0.39 is 11.7 Å². The van der Waals surface area contributed by atoms with Crippen molar-refractivity contribution >= 4 is 23.2 Å². The number of ether oxygens (including phenoxy) is 1. The van der Waals surface area contributed by atoms with Gasteiger partial charge in [-0.05, 0) is 24.6 Å². The lowest BCUT2D eigenvalue weighted by Crippen LogP contribution is -2.51. The summed E-state index contributed by atoms with van der Waals surface area (Å²) in [5.74, 6) is -0.597. The average molecular weight is 443 g/mol. The van der Waals surface area contributed by atoms with Gasteiger partial charge in [-0.1, -0.05) is 17.3 Å². The van der Waals surface area contributed by atoms with E-state index in [1.165, 1.54) is 27.7 Å². The standard InChI is InChI=1S/C20H22FN7O4/c1-2-32-20(31)26-9-7-25(8-10-26)16(29)12-27-13-22-18-17(19(27)30)23-24-28(18)11-14-3-5-15(21)6-4-14/h3-6,13H,2,7-12H2,1H3. The van der Waals surface area contributed by atoms with Gasteiger partial charge in [-0.3, -0.25) is 14.2 Å². The first kappa shape index (κ1) is 21.4. The molecule has 0 atom stereocenters.